The highest BCUT2D eigenvalue weighted by molar-refractivity contribution is 7.98. The first-order valence-electron chi connectivity index (χ1n) is 5.77. The summed E-state index contributed by atoms with van der Waals surface area (Å²) in [5.41, 5.74) is 0.760. The summed E-state index contributed by atoms with van der Waals surface area (Å²) in [7, 11) is 0. The van der Waals surface area contributed by atoms with Crippen LogP contribution in [0.3, 0.4) is 0 Å². The smallest absolute Gasteiger partial charge is 0.277 e. The molecule has 7 nitrogen and oxygen atoms in total. The molecule has 0 bridgehead atoms. The summed E-state index contributed by atoms with van der Waals surface area (Å²) < 4.78 is 0. The van der Waals surface area contributed by atoms with E-state index in [1.54, 1.807) is 0 Å². The second-order valence-corrected chi connectivity index (χ2v) is 4.87. The molecule has 0 atom stereocenters. The number of fused-ring (bicyclic) bond motifs is 1. The monoisotopic (exact) mass is 266 g/mol. The zero-order chi connectivity index (χ0) is 12.5. The molecule has 0 aromatic carbocycles. The first kappa shape index (κ1) is 11.5. The number of anilines is 1. The minimum atomic E-state index is -0.168. The number of nitrogens with zero attached hydrogens (tertiary/aromatic N) is 3. The van der Waals surface area contributed by atoms with Crippen LogP contribution in [0.5, 0.6) is 0 Å². The van der Waals surface area contributed by atoms with Crippen molar-refractivity contribution in [2.24, 2.45) is 0 Å². The Labute approximate surface area is 107 Å². The molecule has 0 saturated carbocycles. The van der Waals surface area contributed by atoms with Crippen LogP contribution in [-0.4, -0.2) is 52.4 Å². The van der Waals surface area contributed by atoms with Crippen molar-refractivity contribution < 1.29 is 0 Å². The standard InChI is InChI=1S/C10H14N6OS/c1-18-10-14-7-6(8(17)15-10)12-9(13-7)16-4-2-11-3-5-16/h11H,2-5H2,1H3,(H2,12,13,14,15,17). The van der Waals surface area contributed by atoms with Gasteiger partial charge in [0.05, 0.1) is 0 Å². The predicted octanol–water partition coefficient (Wildman–Crippen LogP) is -0.222. The van der Waals surface area contributed by atoms with E-state index >= 15 is 0 Å². The largest absolute Gasteiger partial charge is 0.340 e. The quantitative estimate of drug-likeness (QED) is 0.514. The lowest BCUT2D eigenvalue weighted by molar-refractivity contribution is 0.582. The lowest BCUT2D eigenvalue weighted by Crippen LogP contribution is -2.44. The van der Waals surface area contributed by atoms with Gasteiger partial charge in [-0.15, -0.1) is 0 Å². The summed E-state index contributed by atoms with van der Waals surface area (Å²) in [6.07, 6.45) is 1.87. The van der Waals surface area contributed by atoms with Gasteiger partial charge in [0.15, 0.2) is 16.3 Å². The Morgan fingerprint density at radius 2 is 2.00 bits per heavy atom. The van der Waals surface area contributed by atoms with Crippen LogP contribution in [0, 0.1) is 0 Å². The lowest BCUT2D eigenvalue weighted by Gasteiger charge is -2.26. The van der Waals surface area contributed by atoms with Gasteiger partial charge in [-0.25, -0.2) is 4.98 Å². The average Bonchev–Trinajstić information content (AvgIpc) is 2.84. The van der Waals surface area contributed by atoms with E-state index in [2.05, 4.69) is 30.2 Å². The Balaban J connectivity index is 2.04. The van der Waals surface area contributed by atoms with Gasteiger partial charge in [0, 0.05) is 26.2 Å². The Kier molecular flexibility index (Phi) is 2.96. The van der Waals surface area contributed by atoms with Crippen LogP contribution in [-0.2, 0) is 0 Å². The van der Waals surface area contributed by atoms with E-state index in [0.29, 0.717) is 16.3 Å². The molecule has 1 aliphatic heterocycles. The number of aromatic amines is 2. The molecule has 3 heterocycles. The number of H-pyrrole nitrogens is 2. The van der Waals surface area contributed by atoms with Gasteiger partial charge < -0.3 is 15.2 Å². The molecule has 1 aliphatic rings. The molecule has 18 heavy (non-hydrogen) atoms. The van der Waals surface area contributed by atoms with Crippen LogP contribution >= 0.6 is 11.8 Å². The fraction of sp³-hybridized carbons (Fsp3) is 0.500. The SMILES string of the molecule is CSc1nc2nc(N3CCNCC3)[nH]c2c(=O)[nH]1. The maximum Gasteiger partial charge on any atom is 0.277 e. The summed E-state index contributed by atoms with van der Waals surface area (Å²) >= 11 is 1.40. The average molecular weight is 266 g/mol. The van der Waals surface area contributed by atoms with Crippen LogP contribution in [0.15, 0.2) is 9.95 Å². The van der Waals surface area contributed by atoms with Crippen LogP contribution in [0.1, 0.15) is 0 Å². The molecular formula is C10H14N6OS. The zero-order valence-electron chi connectivity index (χ0n) is 9.99. The zero-order valence-corrected chi connectivity index (χ0v) is 10.8. The number of piperazine rings is 1. The van der Waals surface area contributed by atoms with Crippen molar-refractivity contribution in [1.82, 2.24) is 25.3 Å². The van der Waals surface area contributed by atoms with Gasteiger partial charge in [-0.1, -0.05) is 11.8 Å². The van der Waals surface area contributed by atoms with Crippen molar-refractivity contribution in [2.45, 2.75) is 5.16 Å². The fourth-order valence-corrected chi connectivity index (χ4v) is 2.37. The third-order valence-corrected chi connectivity index (χ3v) is 3.52. The Bertz CT molecular complexity index is 614. The van der Waals surface area contributed by atoms with Crippen molar-refractivity contribution >= 4 is 28.9 Å². The van der Waals surface area contributed by atoms with E-state index in [0.717, 1.165) is 32.1 Å². The molecule has 0 amide bonds. The summed E-state index contributed by atoms with van der Waals surface area (Å²) in [6, 6.07) is 0. The highest BCUT2D eigenvalue weighted by Gasteiger charge is 2.16. The van der Waals surface area contributed by atoms with Gasteiger partial charge in [0.25, 0.3) is 5.56 Å². The van der Waals surface area contributed by atoms with E-state index in [1.807, 2.05) is 6.26 Å². The molecule has 0 radical (unpaired) electrons. The number of nitrogens with one attached hydrogen (secondary N) is 3. The summed E-state index contributed by atoms with van der Waals surface area (Å²) in [5.74, 6) is 0.725. The third-order valence-electron chi connectivity index (χ3n) is 2.94. The molecule has 2 aromatic rings. The van der Waals surface area contributed by atoms with E-state index in [1.165, 1.54) is 11.8 Å². The van der Waals surface area contributed by atoms with Crippen LogP contribution in [0.2, 0.25) is 0 Å². The normalized spacial score (nSPS) is 16.4. The molecule has 3 rings (SSSR count). The fourth-order valence-electron chi connectivity index (χ4n) is 2.00. The van der Waals surface area contributed by atoms with Gasteiger partial charge in [-0.05, 0) is 6.26 Å². The number of imidazole rings is 1. The van der Waals surface area contributed by atoms with Crippen LogP contribution in [0.4, 0.5) is 5.95 Å². The number of thioether (sulfide) groups is 1. The highest BCUT2D eigenvalue weighted by Crippen LogP contribution is 2.15. The lowest BCUT2D eigenvalue weighted by atomic mass is 10.4. The number of hydrogen-bond donors (Lipinski definition) is 3. The van der Waals surface area contributed by atoms with Crippen molar-refractivity contribution in [3.05, 3.63) is 10.4 Å². The molecule has 0 spiro atoms. The molecule has 2 aromatic heterocycles. The summed E-state index contributed by atoms with van der Waals surface area (Å²) in [4.78, 5) is 28.4. The predicted molar refractivity (Wildman–Crippen MR) is 71.4 cm³/mol. The van der Waals surface area contributed by atoms with Crippen LogP contribution in [0.25, 0.3) is 11.2 Å². The first-order valence-corrected chi connectivity index (χ1v) is 7.00. The van der Waals surface area contributed by atoms with E-state index in [4.69, 9.17) is 0 Å². The first-order chi connectivity index (χ1) is 8.78. The third kappa shape index (κ3) is 1.97. The minimum absolute atomic E-state index is 0.168. The maximum absolute atomic E-state index is 11.8. The molecule has 8 heteroatoms. The molecule has 0 unspecified atom stereocenters. The minimum Gasteiger partial charge on any atom is -0.340 e. The maximum atomic E-state index is 11.8. The van der Waals surface area contributed by atoms with Gasteiger partial charge in [-0.2, -0.15) is 4.98 Å². The van der Waals surface area contributed by atoms with E-state index in [-0.39, 0.29) is 5.56 Å². The number of rotatable bonds is 2. The van der Waals surface area contributed by atoms with Gasteiger partial charge in [-0.3, -0.25) is 9.78 Å². The topological polar surface area (TPSA) is 89.7 Å². The van der Waals surface area contributed by atoms with Crippen molar-refractivity contribution in [3.8, 4) is 0 Å². The number of aromatic nitrogens is 4. The van der Waals surface area contributed by atoms with E-state index < -0.39 is 0 Å². The van der Waals surface area contributed by atoms with E-state index in [9.17, 15) is 4.79 Å². The van der Waals surface area contributed by atoms with Crippen molar-refractivity contribution in [2.75, 3.05) is 37.3 Å². The highest BCUT2D eigenvalue weighted by atomic mass is 32.2. The summed E-state index contributed by atoms with van der Waals surface area (Å²) in [5, 5.41) is 3.87. The Morgan fingerprint density at radius 1 is 1.22 bits per heavy atom. The van der Waals surface area contributed by atoms with Gasteiger partial charge in [0.2, 0.25) is 5.95 Å². The molecular weight excluding hydrogens is 252 g/mol. The summed E-state index contributed by atoms with van der Waals surface area (Å²) in [6.45, 7) is 3.62. The molecule has 0 aliphatic carbocycles. The molecule has 1 fully saturated rings. The second kappa shape index (κ2) is 4.62. The second-order valence-electron chi connectivity index (χ2n) is 4.07. The molecule has 96 valence electrons. The molecule has 3 N–H and O–H groups in total. The van der Waals surface area contributed by atoms with Crippen molar-refractivity contribution in [1.29, 1.82) is 0 Å². The Hall–Kier alpha value is -1.54. The molecule has 1 saturated heterocycles. The number of hydrogen-bond acceptors (Lipinski definition) is 6. The van der Waals surface area contributed by atoms with Crippen molar-refractivity contribution in [3.63, 3.8) is 0 Å². The van der Waals surface area contributed by atoms with Crippen LogP contribution < -0.4 is 15.8 Å². The Morgan fingerprint density at radius 3 is 2.72 bits per heavy atom. The van der Waals surface area contributed by atoms with Gasteiger partial charge >= 0.3 is 0 Å². The van der Waals surface area contributed by atoms with Gasteiger partial charge in [0.1, 0.15) is 0 Å².